The topological polar surface area (TPSA) is 53.2 Å². The summed E-state index contributed by atoms with van der Waals surface area (Å²) < 4.78 is 13.9. The number of thiophene rings is 1. The second-order valence-corrected chi connectivity index (χ2v) is 6.77. The molecule has 3 N–H and O–H groups in total. The van der Waals surface area contributed by atoms with E-state index in [4.69, 9.17) is 23.8 Å². The average Bonchev–Trinajstić information content (AvgIpc) is 2.85. The van der Waals surface area contributed by atoms with Crippen molar-refractivity contribution in [1.82, 2.24) is 16.2 Å². The molecule has 0 spiro atoms. The van der Waals surface area contributed by atoms with Gasteiger partial charge in [-0.05, 0) is 36.8 Å². The van der Waals surface area contributed by atoms with Crippen LogP contribution in [0.4, 0.5) is 4.39 Å². The number of rotatable bonds is 5. The number of fused-ring (bicyclic) bond motifs is 1. The van der Waals surface area contributed by atoms with Crippen molar-refractivity contribution in [3.8, 4) is 0 Å². The van der Waals surface area contributed by atoms with E-state index < -0.39 is 5.91 Å². The van der Waals surface area contributed by atoms with Crippen LogP contribution in [0.5, 0.6) is 0 Å². The van der Waals surface area contributed by atoms with Gasteiger partial charge in [-0.2, -0.15) is 0 Å². The highest BCUT2D eigenvalue weighted by atomic mass is 35.5. The van der Waals surface area contributed by atoms with Gasteiger partial charge >= 0.3 is 0 Å². The van der Waals surface area contributed by atoms with Gasteiger partial charge in [0.05, 0.1) is 5.02 Å². The standard InChI is InChI=1S/C15H17ClFN3OS2/c1-2-3-4-7-18-15(22)20-19-14(21)13-12(16)10-6-5-9(17)8-11(10)23-13/h5-6,8H,2-4,7H2,1H3,(H,19,21)(H2,18,20,22). The molecule has 0 atom stereocenters. The Balaban J connectivity index is 1.93. The Hall–Kier alpha value is -1.44. The Kier molecular flexibility index (Phi) is 6.56. The van der Waals surface area contributed by atoms with Gasteiger partial charge in [-0.3, -0.25) is 15.6 Å². The van der Waals surface area contributed by atoms with Gasteiger partial charge in [0.2, 0.25) is 0 Å². The Morgan fingerprint density at radius 2 is 2.13 bits per heavy atom. The minimum atomic E-state index is -0.408. The van der Waals surface area contributed by atoms with Crippen LogP contribution in [-0.4, -0.2) is 17.6 Å². The minimum absolute atomic E-state index is 0.311. The summed E-state index contributed by atoms with van der Waals surface area (Å²) in [6.45, 7) is 2.87. The first kappa shape index (κ1) is 17.9. The smallest absolute Gasteiger partial charge is 0.281 e. The third-order valence-electron chi connectivity index (χ3n) is 3.15. The second-order valence-electron chi connectivity index (χ2n) is 4.93. The fraction of sp³-hybridized carbons (Fsp3) is 0.333. The molecule has 0 unspecified atom stereocenters. The maximum Gasteiger partial charge on any atom is 0.281 e. The van der Waals surface area contributed by atoms with Crippen LogP contribution in [0.25, 0.3) is 10.1 Å². The highest BCUT2D eigenvalue weighted by molar-refractivity contribution is 7.80. The molecule has 1 heterocycles. The van der Waals surface area contributed by atoms with E-state index in [1.165, 1.54) is 12.1 Å². The predicted octanol–water partition coefficient (Wildman–Crippen LogP) is 3.99. The lowest BCUT2D eigenvalue weighted by molar-refractivity contribution is 0.0948. The summed E-state index contributed by atoms with van der Waals surface area (Å²) in [6.07, 6.45) is 3.26. The molecule has 0 saturated heterocycles. The number of thiocarbonyl (C=S) groups is 1. The molecule has 0 saturated carbocycles. The zero-order chi connectivity index (χ0) is 16.8. The summed E-state index contributed by atoms with van der Waals surface area (Å²) >= 11 is 12.4. The number of hydrazine groups is 1. The van der Waals surface area contributed by atoms with E-state index >= 15 is 0 Å². The quantitative estimate of drug-likeness (QED) is 0.421. The van der Waals surface area contributed by atoms with E-state index in [-0.39, 0.29) is 5.82 Å². The van der Waals surface area contributed by atoms with Gasteiger partial charge in [0, 0.05) is 16.6 Å². The number of carbonyl (C=O) groups is 1. The van der Waals surface area contributed by atoms with Crippen molar-refractivity contribution in [1.29, 1.82) is 0 Å². The Morgan fingerprint density at radius 1 is 1.35 bits per heavy atom. The number of halogens is 2. The third-order valence-corrected chi connectivity index (χ3v) is 5.06. The summed E-state index contributed by atoms with van der Waals surface area (Å²) in [4.78, 5) is 12.5. The van der Waals surface area contributed by atoms with E-state index in [0.29, 0.717) is 25.1 Å². The molecule has 0 aliphatic rings. The molecule has 0 radical (unpaired) electrons. The molecule has 0 aliphatic heterocycles. The van der Waals surface area contributed by atoms with Crippen molar-refractivity contribution in [2.45, 2.75) is 26.2 Å². The van der Waals surface area contributed by atoms with Crippen LogP contribution in [0.2, 0.25) is 5.02 Å². The lowest BCUT2D eigenvalue weighted by Gasteiger charge is -2.10. The summed E-state index contributed by atoms with van der Waals surface area (Å²) in [5.41, 5.74) is 5.13. The number of nitrogens with one attached hydrogen (secondary N) is 3. The van der Waals surface area contributed by atoms with E-state index in [1.54, 1.807) is 6.07 Å². The maximum absolute atomic E-state index is 13.2. The SMILES string of the molecule is CCCCCNC(=S)NNC(=O)c1sc2cc(F)ccc2c1Cl. The maximum atomic E-state index is 13.2. The van der Waals surface area contributed by atoms with E-state index in [1.807, 2.05) is 0 Å². The lowest BCUT2D eigenvalue weighted by atomic mass is 10.2. The molecule has 23 heavy (non-hydrogen) atoms. The van der Waals surface area contributed by atoms with Crippen molar-refractivity contribution in [3.63, 3.8) is 0 Å². The molecular weight excluding hydrogens is 357 g/mol. The molecule has 0 aliphatic carbocycles. The number of hydrogen-bond acceptors (Lipinski definition) is 3. The number of unbranched alkanes of at least 4 members (excludes halogenated alkanes) is 2. The number of hydrogen-bond donors (Lipinski definition) is 3. The normalized spacial score (nSPS) is 10.6. The zero-order valence-corrected chi connectivity index (χ0v) is 14.9. The van der Waals surface area contributed by atoms with Crippen LogP contribution in [0.1, 0.15) is 35.9 Å². The van der Waals surface area contributed by atoms with Gasteiger partial charge in [-0.25, -0.2) is 4.39 Å². The molecule has 8 heteroatoms. The number of benzene rings is 1. The van der Waals surface area contributed by atoms with E-state index in [2.05, 4.69) is 23.1 Å². The van der Waals surface area contributed by atoms with Crippen LogP contribution in [-0.2, 0) is 0 Å². The summed E-state index contributed by atoms with van der Waals surface area (Å²) in [5, 5.41) is 4.31. The highest BCUT2D eigenvalue weighted by Crippen LogP contribution is 2.35. The first-order valence-corrected chi connectivity index (χ1v) is 8.85. The third kappa shape index (κ3) is 4.76. The van der Waals surface area contributed by atoms with Crippen LogP contribution in [0.15, 0.2) is 18.2 Å². The molecule has 1 aromatic heterocycles. The number of amides is 1. The van der Waals surface area contributed by atoms with Crippen LogP contribution in [0.3, 0.4) is 0 Å². The fourth-order valence-corrected chi connectivity index (χ4v) is 3.57. The summed E-state index contributed by atoms with van der Waals surface area (Å²) in [6, 6.07) is 4.24. The van der Waals surface area contributed by atoms with Gasteiger partial charge in [0.25, 0.3) is 5.91 Å². The van der Waals surface area contributed by atoms with Crippen molar-refractivity contribution in [2.75, 3.05) is 6.54 Å². The molecule has 0 fully saturated rings. The largest absolute Gasteiger partial charge is 0.361 e. The van der Waals surface area contributed by atoms with Gasteiger partial charge in [-0.15, -0.1) is 11.3 Å². The molecule has 124 valence electrons. The molecule has 2 aromatic rings. The average molecular weight is 374 g/mol. The molecule has 2 rings (SSSR count). The monoisotopic (exact) mass is 373 g/mol. The van der Waals surface area contributed by atoms with Gasteiger partial charge in [0.1, 0.15) is 10.7 Å². The zero-order valence-electron chi connectivity index (χ0n) is 12.5. The van der Waals surface area contributed by atoms with Gasteiger partial charge in [0.15, 0.2) is 5.11 Å². The van der Waals surface area contributed by atoms with Gasteiger partial charge < -0.3 is 5.32 Å². The van der Waals surface area contributed by atoms with Crippen molar-refractivity contribution in [2.24, 2.45) is 0 Å². The summed E-state index contributed by atoms with van der Waals surface area (Å²) in [5.74, 6) is -0.771. The minimum Gasteiger partial charge on any atom is -0.361 e. The molecule has 0 bridgehead atoms. The summed E-state index contributed by atoms with van der Waals surface area (Å²) in [7, 11) is 0. The Morgan fingerprint density at radius 3 is 2.87 bits per heavy atom. The molecule has 4 nitrogen and oxygen atoms in total. The van der Waals surface area contributed by atoms with Crippen LogP contribution < -0.4 is 16.2 Å². The lowest BCUT2D eigenvalue weighted by Crippen LogP contribution is -2.46. The fourth-order valence-electron chi connectivity index (χ4n) is 1.98. The van der Waals surface area contributed by atoms with E-state index in [9.17, 15) is 9.18 Å². The van der Waals surface area contributed by atoms with Crippen molar-refractivity contribution < 1.29 is 9.18 Å². The Bertz CT molecular complexity index is 720. The first-order chi connectivity index (χ1) is 11.0. The predicted molar refractivity (Wildman–Crippen MR) is 97.5 cm³/mol. The van der Waals surface area contributed by atoms with Gasteiger partial charge in [-0.1, -0.05) is 31.4 Å². The van der Waals surface area contributed by atoms with E-state index in [0.717, 1.165) is 37.1 Å². The number of carbonyl (C=O) groups excluding carboxylic acids is 1. The van der Waals surface area contributed by atoms with Crippen molar-refractivity contribution >= 4 is 56.3 Å². The molecule has 1 aromatic carbocycles. The van der Waals surface area contributed by atoms with Crippen LogP contribution in [0, 0.1) is 5.82 Å². The highest BCUT2D eigenvalue weighted by Gasteiger charge is 2.17. The molecule has 1 amide bonds. The van der Waals surface area contributed by atoms with Crippen LogP contribution >= 0.6 is 35.2 Å². The molecular formula is C15H17ClFN3OS2. The Labute approximate surface area is 148 Å². The van der Waals surface area contributed by atoms with Crippen molar-refractivity contribution in [3.05, 3.63) is 33.9 Å². The first-order valence-electron chi connectivity index (χ1n) is 7.24. The second kappa shape index (κ2) is 8.42.